The second kappa shape index (κ2) is 24.4. The molecule has 1 N–H and O–H groups in total. The van der Waals surface area contributed by atoms with Gasteiger partial charge in [0, 0.05) is 20.3 Å². The number of rotatable bonds is 23. The molecule has 0 saturated carbocycles. The number of hydrogen-bond donors (Lipinski definition) is 1. The van der Waals surface area contributed by atoms with Crippen LogP contribution in [0, 0.1) is 0 Å². The Morgan fingerprint density at radius 1 is 0.667 bits per heavy atom. The average molecular weight is 432 g/mol. The van der Waals surface area contributed by atoms with Crippen molar-refractivity contribution in [1.82, 2.24) is 4.90 Å². The Balaban J connectivity index is 3.45. The number of ether oxygens (including phenoxy) is 3. The Labute approximate surface area is 185 Å². The third-order valence-corrected chi connectivity index (χ3v) is 5.30. The molecular weight excluding hydrogens is 382 g/mol. The molecule has 0 atom stereocenters. The molecule has 0 radical (unpaired) electrons. The van der Waals surface area contributed by atoms with Crippen LogP contribution in [-0.2, 0) is 14.2 Å². The van der Waals surface area contributed by atoms with Crippen molar-refractivity contribution in [2.24, 2.45) is 0 Å². The van der Waals surface area contributed by atoms with E-state index in [0.29, 0.717) is 13.2 Å². The Morgan fingerprint density at radius 2 is 1.13 bits per heavy atom. The van der Waals surface area contributed by atoms with Crippen molar-refractivity contribution < 1.29 is 24.1 Å². The van der Waals surface area contributed by atoms with Crippen molar-refractivity contribution in [1.29, 1.82) is 0 Å². The normalized spacial score (nSPS) is 11.2. The molecule has 0 aromatic carbocycles. The monoisotopic (exact) mass is 431 g/mol. The van der Waals surface area contributed by atoms with E-state index in [-0.39, 0.29) is 6.61 Å². The van der Waals surface area contributed by atoms with Gasteiger partial charge in [0.05, 0.1) is 19.8 Å². The van der Waals surface area contributed by atoms with Crippen LogP contribution in [0.3, 0.4) is 0 Å². The molecule has 180 valence electrons. The third kappa shape index (κ3) is 21.8. The number of aliphatic hydroxyl groups is 1. The number of hydrogen-bond acceptors (Lipinski definition) is 6. The van der Waals surface area contributed by atoms with Crippen molar-refractivity contribution in [3.8, 4) is 0 Å². The highest BCUT2D eigenvalue weighted by Gasteiger charge is 2.05. The standard InChI is InChI=1S/C24H49NO5/c1-3-4-5-6-7-9-15-22-29-24(27)30-23-16-10-8-12-17-25(19-20-26)18-13-11-14-21-28-2/h26H,3-23H2,1-2H3. The first-order valence-electron chi connectivity index (χ1n) is 12.4. The molecule has 0 aliphatic carbocycles. The van der Waals surface area contributed by atoms with Gasteiger partial charge in [0.1, 0.15) is 0 Å². The summed E-state index contributed by atoms with van der Waals surface area (Å²) in [6.07, 6.45) is 15.5. The summed E-state index contributed by atoms with van der Waals surface area (Å²) in [7, 11) is 1.74. The van der Waals surface area contributed by atoms with E-state index < -0.39 is 6.16 Å². The molecule has 0 aliphatic rings. The molecule has 0 unspecified atom stereocenters. The molecule has 0 heterocycles. The summed E-state index contributed by atoms with van der Waals surface area (Å²) in [5.74, 6) is 0. The first-order chi connectivity index (χ1) is 14.7. The summed E-state index contributed by atoms with van der Waals surface area (Å²) in [5, 5.41) is 9.22. The smallest absolute Gasteiger partial charge is 0.434 e. The Kier molecular flexibility index (Phi) is 23.7. The highest BCUT2D eigenvalue weighted by molar-refractivity contribution is 5.59. The zero-order chi connectivity index (χ0) is 22.1. The van der Waals surface area contributed by atoms with E-state index in [1.54, 1.807) is 7.11 Å². The summed E-state index contributed by atoms with van der Waals surface area (Å²) in [6, 6.07) is 0. The van der Waals surface area contributed by atoms with Crippen LogP contribution in [-0.4, -0.2) is 69.3 Å². The van der Waals surface area contributed by atoms with Crippen LogP contribution in [0.5, 0.6) is 0 Å². The predicted molar refractivity (Wildman–Crippen MR) is 123 cm³/mol. The van der Waals surface area contributed by atoms with Crippen LogP contribution in [0.2, 0.25) is 0 Å². The van der Waals surface area contributed by atoms with E-state index in [1.807, 2.05) is 0 Å². The summed E-state index contributed by atoms with van der Waals surface area (Å²) in [6.45, 7) is 6.98. The number of unbranched alkanes of at least 4 members (excludes halogenated alkanes) is 11. The molecule has 0 aromatic rings. The topological polar surface area (TPSA) is 68.2 Å². The van der Waals surface area contributed by atoms with Gasteiger partial charge in [-0.25, -0.2) is 4.79 Å². The fraction of sp³-hybridized carbons (Fsp3) is 0.958. The highest BCUT2D eigenvalue weighted by atomic mass is 16.7. The Bertz CT molecular complexity index is 354. The predicted octanol–water partition coefficient (Wildman–Crippen LogP) is 5.56. The molecule has 0 fully saturated rings. The minimum Gasteiger partial charge on any atom is -0.434 e. The minimum atomic E-state index is -0.524. The lowest BCUT2D eigenvalue weighted by Gasteiger charge is -2.21. The molecule has 0 rings (SSSR count). The van der Waals surface area contributed by atoms with E-state index in [2.05, 4.69) is 11.8 Å². The largest absolute Gasteiger partial charge is 0.508 e. The van der Waals surface area contributed by atoms with Gasteiger partial charge in [0.15, 0.2) is 0 Å². The lowest BCUT2D eigenvalue weighted by Crippen LogP contribution is -2.29. The number of methoxy groups -OCH3 is 1. The minimum absolute atomic E-state index is 0.215. The van der Waals surface area contributed by atoms with E-state index in [1.165, 1.54) is 38.5 Å². The summed E-state index contributed by atoms with van der Waals surface area (Å²) in [5.41, 5.74) is 0. The second-order valence-corrected chi connectivity index (χ2v) is 8.10. The van der Waals surface area contributed by atoms with E-state index in [0.717, 1.165) is 77.6 Å². The van der Waals surface area contributed by atoms with Gasteiger partial charge in [-0.15, -0.1) is 0 Å². The SMILES string of the molecule is CCCCCCCCCOC(=O)OCCCCCCN(CCO)CCCCCOC. The van der Waals surface area contributed by atoms with Crippen molar-refractivity contribution in [3.05, 3.63) is 0 Å². The molecule has 0 aliphatic heterocycles. The lowest BCUT2D eigenvalue weighted by molar-refractivity contribution is 0.0528. The molecule has 0 amide bonds. The van der Waals surface area contributed by atoms with Crippen LogP contribution in [0.25, 0.3) is 0 Å². The van der Waals surface area contributed by atoms with E-state index in [4.69, 9.17) is 14.2 Å². The average Bonchev–Trinajstić information content (AvgIpc) is 2.74. The quantitative estimate of drug-likeness (QED) is 0.169. The zero-order valence-corrected chi connectivity index (χ0v) is 19.9. The van der Waals surface area contributed by atoms with Crippen LogP contribution in [0.4, 0.5) is 4.79 Å². The molecule has 0 bridgehead atoms. The van der Waals surface area contributed by atoms with Gasteiger partial charge in [0.25, 0.3) is 0 Å². The van der Waals surface area contributed by atoms with Gasteiger partial charge in [0.2, 0.25) is 0 Å². The van der Waals surface area contributed by atoms with E-state index >= 15 is 0 Å². The van der Waals surface area contributed by atoms with Gasteiger partial charge in [-0.2, -0.15) is 0 Å². The number of carbonyl (C=O) groups excluding carboxylic acids is 1. The molecule has 6 nitrogen and oxygen atoms in total. The fourth-order valence-electron chi connectivity index (χ4n) is 3.44. The van der Waals surface area contributed by atoms with Gasteiger partial charge in [-0.05, 0) is 51.6 Å². The third-order valence-electron chi connectivity index (χ3n) is 5.30. The van der Waals surface area contributed by atoms with Crippen LogP contribution < -0.4 is 0 Å². The first-order valence-corrected chi connectivity index (χ1v) is 12.4. The van der Waals surface area contributed by atoms with Crippen LogP contribution in [0.15, 0.2) is 0 Å². The Morgan fingerprint density at radius 3 is 1.67 bits per heavy atom. The zero-order valence-electron chi connectivity index (χ0n) is 19.9. The second-order valence-electron chi connectivity index (χ2n) is 8.10. The van der Waals surface area contributed by atoms with Crippen LogP contribution >= 0.6 is 0 Å². The maximum absolute atomic E-state index is 11.6. The maximum Gasteiger partial charge on any atom is 0.508 e. The molecule has 0 aromatic heterocycles. The van der Waals surface area contributed by atoms with E-state index in [9.17, 15) is 9.90 Å². The van der Waals surface area contributed by atoms with Crippen molar-refractivity contribution in [3.63, 3.8) is 0 Å². The molecule has 0 saturated heterocycles. The number of nitrogens with zero attached hydrogens (tertiary/aromatic N) is 1. The molecule has 30 heavy (non-hydrogen) atoms. The van der Waals surface area contributed by atoms with Crippen LogP contribution in [0.1, 0.15) is 96.8 Å². The van der Waals surface area contributed by atoms with Crippen molar-refractivity contribution >= 4 is 6.16 Å². The molecular formula is C24H49NO5. The summed E-state index contributed by atoms with van der Waals surface area (Å²) in [4.78, 5) is 13.9. The molecule has 6 heteroatoms. The Hall–Kier alpha value is -0.850. The summed E-state index contributed by atoms with van der Waals surface area (Å²) >= 11 is 0. The fourth-order valence-corrected chi connectivity index (χ4v) is 3.44. The van der Waals surface area contributed by atoms with Crippen molar-refractivity contribution in [2.75, 3.05) is 53.2 Å². The summed E-state index contributed by atoms with van der Waals surface area (Å²) < 4.78 is 15.3. The van der Waals surface area contributed by atoms with Gasteiger partial charge in [-0.1, -0.05) is 58.3 Å². The number of aliphatic hydroxyl groups excluding tert-OH is 1. The highest BCUT2D eigenvalue weighted by Crippen LogP contribution is 2.08. The number of carbonyl (C=O) groups is 1. The van der Waals surface area contributed by atoms with Gasteiger partial charge >= 0.3 is 6.16 Å². The van der Waals surface area contributed by atoms with Gasteiger partial charge < -0.3 is 24.2 Å². The van der Waals surface area contributed by atoms with Gasteiger partial charge in [-0.3, -0.25) is 0 Å². The lowest BCUT2D eigenvalue weighted by atomic mass is 10.1. The van der Waals surface area contributed by atoms with Crippen molar-refractivity contribution in [2.45, 2.75) is 96.8 Å². The first kappa shape index (κ1) is 29.1. The molecule has 0 spiro atoms. The maximum atomic E-state index is 11.6.